The van der Waals surface area contributed by atoms with Crippen LogP contribution in [0.4, 0.5) is 4.39 Å². The minimum Gasteiger partial charge on any atom is -0.478 e. The Hall–Kier alpha value is -3.09. The van der Waals surface area contributed by atoms with E-state index in [4.69, 9.17) is 5.11 Å². The molecule has 1 N–H and O–H groups in total. The Bertz CT molecular complexity index is 802. The summed E-state index contributed by atoms with van der Waals surface area (Å²) in [6.07, 6.45) is 0. The van der Waals surface area contributed by atoms with Gasteiger partial charge in [-0.25, -0.2) is 9.18 Å². The van der Waals surface area contributed by atoms with Gasteiger partial charge in [0.25, 0.3) is 0 Å². The first-order valence-corrected chi connectivity index (χ1v) is 6.04. The average Bonchev–Trinajstić information content (AvgIpc) is 2.97. The number of aromatic carboxylic acids is 1. The maximum absolute atomic E-state index is 14.1. The van der Waals surface area contributed by atoms with E-state index in [1.807, 2.05) is 18.2 Å². The monoisotopic (exact) mass is 284 g/mol. The van der Waals surface area contributed by atoms with Gasteiger partial charge in [0.1, 0.15) is 11.5 Å². The standard InChI is InChI=1S/C14H9FN4O2/c15-11-8-10(14(20)21)6-7-12(11)19-13(16-17-18-19)9-4-2-1-3-5-9/h1-8H,(H,20,21). The van der Waals surface area contributed by atoms with Gasteiger partial charge in [-0.2, -0.15) is 4.68 Å². The van der Waals surface area contributed by atoms with Gasteiger partial charge in [-0.3, -0.25) is 0 Å². The molecule has 6 nitrogen and oxygen atoms in total. The number of hydrogen-bond acceptors (Lipinski definition) is 4. The third kappa shape index (κ3) is 2.36. The van der Waals surface area contributed by atoms with E-state index in [9.17, 15) is 9.18 Å². The van der Waals surface area contributed by atoms with E-state index in [1.54, 1.807) is 12.1 Å². The summed E-state index contributed by atoms with van der Waals surface area (Å²) in [4.78, 5) is 10.8. The fourth-order valence-electron chi connectivity index (χ4n) is 1.93. The topological polar surface area (TPSA) is 80.9 Å². The average molecular weight is 284 g/mol. The van der Waals surface area contributed by atoms with Crippen LogP contribution >= 0.6 is 0 Å². The highest BCUT2D eigenvalue weighted by atomic mass is 19.1. The van der Waals surface area contributed by atoms with Crippen LogP contribution in [-0.2, 0) is 0 Å². The summed E-state index contributed by atoms with van der Waals surface area (Å²) in [7, 11) is 0. The number of hydrogen-bond donors (Lipinski definition) is 1. The second kappa shape index (κ2) is 5.12. The second-order valence-corrected chi connectivity index (χ2v) is 4.25. The van der Waals surface area contributed by atoms with Crippen molar-refractivity contribution < 1.29 is 14.3 Å². The molecule has 0 aliphatic heterocycles. The van der Waals surface area contributed by atoms with Crippen molar-refractivity contribution in [2.45, 2.75) is 0 Å². The highest BCUT2D eigenvalue weighted by Crippen LogP contribution is 2.21. The van der Waals surface area contributed by atoms with E-state index in [-0.39, 0.29) is 11.3 Å². The molecule has 104 valence electrons. The summed E-state index contributed by atoms with van der Waals surface area (Å²) >= 11 is 0. The van der Waals surface area contributed by atoms with Crippen molar-refractivity contribution >= 4 is 5.97 Å². The van der Waals surface area contributed by atoms with E-state index < -0.39 is 11.8 Å². The summed E-state index contributed by atoms with van der Waals surface area (Å²) in [5.41, 5.74) is 0.679. The molecule has 2 aromatic carbocycles. The Kier molecular flexibility index (Phi) is 3.15. The Balaban J connectivity index is 2.11. The van der Waals surface area contributed by atoms with Gasteiger partial charge in [0.05, 0.1) is 5.56 Å². The van der Waals surface area contributed by atoms with Crippen molar-refractivity contribution in [1.29, 1.82) is 0 Å². The summed E-state index contributed by atoms with van der Waals surface area (Å²) in [5, 5.41) is 20.0. The second-order valence-electron chi connectivity index (χ2n) is 4.25. The molecule has 0 atom stereocenters. The molecule has 0 unspecified atom stereocenters. The van der Waals surface area contributed by atoms with Crippen LogP contribution in [0.5, 0.6) is 0 Å². The summed E-state index contributed by atoms with van der Waals surface area (Å²) in [6, 6.07) is 12.7. The minimum absolute atomic E-state index is 0.0869. The van der Waals surface area contributed by atoms with E-state index in [0.717, 1.165) is 11.6 Å². The molecule has 3 rings (SSSR count). The zero-order chi connectivity index (χ0) is 14.8. The molecule has 21 heavy (non-hydrogen) atoms. The number of halogens is 1. The van der Waals surface area contributed by atoms with Gasteiger partial charge in [-0.05, 0) is 28.6 Å². The molecule has 1 aromatic heterocycles. The molecule has 0 radical (unpaired) electrons. The van der Waals surface area contributed by atoms with Gasteiger partial charge < -0.3 is 5.11 Å². The van der Waals surface area contributed by atoms with E-state index >= 15 is 0 Å². The number of carboxylic acids is 1. The SMILES string of the molecule is O=C(O)c1ccc(-n2nnnc2-c2ccccc2)c(F)c1. The largest absolute Gasteiger partial charge is 0.478 e. The molecule has 0 aliphatic carbocycles. The highest BCUT2D eigenvalue weighted by molar-refractivity contribution is 5.87. The van der Waals surface area contributed by atoms with Crippen molar-refractivity contribution in [1.82, 2.24) is 20.2 Å². The van der Waals surface area contributed by atoms with Gasteiger partial charge in [0, 0.05) is 5.56 Å². The number of rotatable bonds is 3. The van der Waals surface area contributed by atoms with Crippen LogP contribution < -0.4 is 0 Å². The van der Waals surface area contributed by atoms with Crippen LogP contribution in [-0.4, -0.2) is 31.3 Å². The van der Waals surface area contributed by atoms with Gasteiger partial charge >= 0.3 is 5.97 Å². The first kappa shape index (κ1) is 12.9. The van der Waals surface area contributed by atoms with Gasteiger partial charge in [0.2, 0.25) is 0 Å². The van der Waals surface area contributed by atoms with Crippen LogP contribution in [0.3, 0.4) is 0 Å². The molecule has 1 heterocycles. The quantitative estimate of drug-likeness (QED) is 0.797. The molecule has 0 aliphatic rings. The van der Waals surface area contributed by atoms with Gasteiger partial charge in [0.15, 0.2) is 5.82 Å². The Morgan fingerprint density at radius 3 is 2.57 bits per heavy atom. The van der Waals surface area contributed by atoms with E-state index in [0.29, 0.717) is 5.82 Å². The zero-order valence-corrected chi connectivity index (χ0v) is 10.6. The summed E-state index contributed by atoms with van der Waals surface area (Å²) < 4.78 is 15.3. The number of benzene rings is 2. The molecule has 0 fully saturated rings. The number of aromatic nitrogens is 4. The molecule has 0 bridgehead atoms. The molecule has 3 aromatic rings. The van der Waals surface area contributed by atoms with Crippen LogP contribution in [0.25, 0.3) is 17.1 Å². The third-order valence-electron chi connectivity index (χ3n) is 2.92. The predicted octanol–water partition coefficient (Wildman–Crippen LogP) is 2.17. The maximum Gasteiger partial charge on any atom is 0.335 e. The van der Waals surface area contributed by atoms with Crippen molar-refractivity contribution in [3.63, 3.8) is 0 Å². The fourth-order valence-corrected chi connectivity index (χ4v) is 1.93. The highest BCUT2D eigenvalue weighted by Gasteiger charge is 2.15. The van der Waals surface area contributed by atoms with Crippen molar-refractivity contribution in [3.05, 3.63) is 59.9 Å². The van der Waals surface area contributed by atoms with Gasteiger partial charge in [-0.1, -0.05) is 30.3 Å². The molecule has 0 saturated heterocycles. The summed E-state index contributed by atoms with van der Waals surface area (Å²) in [5.74, 6) is -1.53. The lowest BCUT2D eigenvalue weighted by Gasteiger charge is -2.06. The molecular weight excluding hydrogens is 275 g/mol. The zero-order valence-electron chi connectivity index (χ0n) is 10.6. The fraction of sp³-hybridized carbons (Fsp3) is 0. The Morgan fingerprint density at radius 1 is 1.14 bits per heavy atom. The normalized spacial score (nSPS) is 10.5. The first-order valence-electron chi connectivity index (χ1n) is 6.04. The third-order valence-corrected chi connectivity index (χ3v) is 2.92. The van der Waals surface area contributed by atoms with Crippen LogP contribution in [0.1, 0.15) is 10.4 Å². The molecule has 0 saturated carbocycles. The number of nitrogens with zero attached hydrogens (tertiary/aromatic N) is 4. The van der Waals surface area contributed by atoms with Crippen LogP contribution in [0.15, 0.2) is 48.5 Å². The van der Waals surface area contributed by atoms with Crippen LogP contribution in [0.2, 0.25) is 0 Å². The Labute approximate surface area is 118 Å². The van der Waals surface area contributed by atoms with E-state index in [2.05, 4.69) is 15.5 Å². The first-order chi connectivity index (χ1) is 10.2. The van der Waals surface area contributed by atoms with Crippen molar-refractivity contribution in [2.75, 3.05) is 0 Å². The van der Waals surface area contributed by atoms with Crippen molar-refractivity contribution in [3.8, 4) is 17.1 Å². The molecule has 0 amide bonds. The lowest BCUT2D eigenvalue weighted by atomic mass is 10.2. The van der Waals surface area contributed by atoms with E-state index in [1.165, 1.54) is 16.8 Å². The smallest absolute Gasteiger partial charge is 0.335 e. The molecule has 7 heteroatoms. The number of carbonyl (C=O) groups is 1. The Morgan fingerprint density at radius 2 is 1.90 bits per heavy atom. The predicted molar refractivity (Wildman–Crippen MR) is 71.5 cm³/mol. The molecule has 0 spiro atoms. The lowest BCUT2D eigenvalue weighted by molar-refractivity contribution is 0.0696. The molecular formula is C14H9FN4O2. The minimum atomic E-state index is -1.19. The van der Waals surface area contributed by atoms with Crippen LogP contribution in [0, 0.1) is 5.82 Å². The van der Waals surface area contributed by atoms with Gasteiger partial charge in [-0.15, -0.1) is 5.10 Å². The number of carboxylic acid groups (broad SMARTS) is 1. The summed E-state index contributed by atoms with van der Waals surface area (Å²) in [6.45, 7) is 0. The lowest BCUT2D eigenvalue weighted by Crippen LogP contribution is -2.05. The number of tetrazole rings is 1. The van der Waals surface area contributed by atoms with Crippen molar-refractivity contribution in [2.24, 2.45) is 0 Å². The maximum atomic E-state index is 14.1.